The maximum Gasteiger partial charge on any atom is 0.246 e. The molecule has 0 bridgehead atoms. The van der Waals surface area contributed by atoms with E-state index in [2.05, 4.69) is 18.3 Å². The fourth-order valence-corrected chi connectivity index (χ4v) is 3.00. The van der Waals surface area contributed by atoms with Crippen molar-refractivity contribution in [3.8, 4) is 0 Å². The SMILES string of the molecule is C[C@H]1Cc2ccccc2N1C(=O)CNc1cccc(Cl)c1. The first-order valence-corrected chi connectivity index (χ1v) is 7.42. The summed E-state index contributed by atoms with van der Waals surface area (Å²) in [7, 11) is 0. The van der Waals surface area contributed by atoms with Gasteiger partial charge in [0.2, 0.25) is 5.91 Å². The van der Waals surface area contributed by atoms with Gasteiger partial charge in [0, 0.05) is 22.4 Å². The Hall–Kier alpha value is -2.00. The minimum Gasteiger partial charge on any atom is -0.376 e. The van der Waals surface area contributed by atoms with Crippen molar-refractivity contribution >= 4 is 28.9 Å². The second kappa shape index (κ2) is 5.78. The van der Waals surface area contributed by atoms with Gasteiger partial charge in [-0.25, -0.2) is 0 Å². The molecule has 0 fully saturated rings. The molecule has 1 aliphatic heterocycles. The molecule has 3 rings (SSSR count). The molecule has 2 aromatic carbocycles. The molecule has 1 aliphatic rings. The van der Waals surface area contributed by atoms with Gasteiger partial charge in [0.05, 0.1) is 6.54 Å². The van der Waals surface area contributed by atoms with Gasteiger partial charge in [-0.1, -0.05) is 35.9 Å². The molecule has 21 heavy (non-hydrogen) atoms. The molecule has 108 valence electrons. The van der Waals surface area contributed by atoms with Gasteiger partial charge in [0.25, 0.3) is 0 Å². The zero-order valence-corrected chi connectivity index (χ0v) is 12.6. The monoisotopic (exact) mass is 300 g/mol. The Morgan fingerprint density at radius 1 is 1.29 bits per heavy atom. The van der Waals surface area contributed by atoms with Crippen molar-refractivity contribution in [2.75, 3.05) is 16.8 Å². The van der Waals surface area contributed by atoms with Crippen LogP contribution in [-0.4, -0.2) is 18.5 Å². The molecule has 1 heterocycles. The van der Waals surface area contributed by atoms with E-state index in [1.807, 2.05) is 47.4 Å². The summed E-state index contributed by atoms with van der Waals surface area (Å²) in [5.41, 5.74) is 3.12. The fraction of sp³-hybridized carbons (Fsp3) is 0.235. The number of carbonyl (C=O) groups excluding carboxylic acids is 1. The van der Waals surface area contributed by atoms with E-state index in [1.54, 1.807) is 0 Å². The predicted octanol–water partition coefficient (Wildman–Crippen LogP) is 3.73. The van der Waals surface area contributed by atoms with Crippen LogP contribution < -0.4 is 10.2 Å². The van der Waals surface area contributed by atoms with Crippen molar-refractivity contribution in [3.05, 3.63) is 59.1 Å². The van der Waals surface area contributed by atoms with Crippen molar-refractivity contribution in [1.82, 2.24) is 0 Å². The van der Waals surface area contributed by atoms with E-state index in [-0.39, 0.29) is 18.5 Å². The molecule has 0 aromatic heterocycles. The molecular weight excluding hydrogens is 284 g/mol. The summed E-state index contributed by atoms with van der Waals surface area (Å²) < 4.78 is 0. The van der Waals surface area contributed by atoms with E-state index in [4.69, 9.17) is 11.6 Å². The first kappa shape index (κ1) is 14.0. The summed E-state index contributed by atoms with van der Waals surface area (Å²) in [5, 5.41) is 3.80. The van der Waals surface area contributed by atoms with Crippen LogP contribution in [0.4, 0.5) is 11.4 Å². The number of benzene rings is 2. The third-order valence-corrected chi connectivity index (χ3v) is 3.98. The lowest BCUT2D eigenvalue weighted by Crippen LogP contribution is -2.39. The maximum atomic E-state index is 12.5. The molecule has 1 N–H and O–H groups in total. The van der Waals surface area contributed by atoms with Crippen LogP contribution in [-0.2, 0) is 11.2 Å². The fourth-order valence-electron chi connectivity index (χ4n) is 2.81. The first-order chi connectivity index (χ1) is 10.1. The Morgan fingerprint density at radius 3 is 2.90 bits per heavy atom. The molecule has 3 nitrogen and oxygen atoms in total. The maximum absolute atomic E-state index is 12.5. The van der Waals surface area contributed by atoms with E-state index >= 15 is 0 Å². The Bertz CT molecular complexity index is 671. The Labute approximate surface area is 129 Å². The lowest BCUT2D eigenvalue weighted by Gasteiger charge is -2.23. The van der Waals surface area contributed by atoms with Crippen molar-refractivity contribution in [2.45, 2.75) is 19.4 Å². The molecule has 4 heteroatoms. The summed E-state index contributed by atoms with van der Waals surface area (Å²) in [6.45, 7) is 2.34. The summed E-state index contributed by atoms with van der Waals surface area (Å²) in [4.78, 5) is 14.4. The molecule has 0 spiro atoms. The lowest BCUT2D eigenvalue weighted by molar-refractivity contribution is -0.117. The highest BCUT2D eigenvalue weighted by molar-refractivity contribution is 6.30. The molecule has 0 unspecified atom stereocenters. The van der Waals surface area contributed by atoms with E-state index < -0.39 is 0 Å². The third kappa shape index (κ3) is 2.88. The average molecular weight is 301 g/mol. The summed E-state index contributed by atoms with van der Waals surface area (Å²) in [5.74, 6) is 0.0763. The number of carbonyl (C=O) groups is 1. The number of anilines is 2. The molecular formula is C17H17ClN2O. The molecule has 0 aliphatic carbocycles. The highest BCUT2D eigenvalue weighted by atomic mass is 35.5. The van der Waals surface area contributed by atoms with E-state index in [9.17, 15) is 4.79 Å². The van der Waals surface area contributed by atoms with Crippen molar-refractivity contribution < 1.29 is 4.79 Å². The third-order valence-electron chi connectivity index (χ3n) is 3.74. The predicted molar refractivity (Wildman–Crippen MR) is 87.0 cm³/mol. The van der Waals surface area contributed by atoms with E-state index in [0.717, 1.165) is 17.8 Å². The number of halogens is 1. The zero-order chi connectivity index (χ0) is 14.8. The van der Waals surface area contributed by atoms with Gasteiger partial charge in [-0.2, -0.15) is 0 Å². The smallest absolute Gasteiger partial charge is 0.246 e. The van der Waals surface area contributed by atoms with Gasteiger partial charge in [-0.05, 0) is 43.2 Å². The van der Waals surface area contributed by atoms with Crippen LogP contribution in [0.5, 0.6) is 0 Å². The number of nitrogens with one attached hydrogen (secondary N) is 1. The molecule has 0 saturated carbocycles. The number of hydrogen-bond donors (Lipinski definition) is 1. The van der Waals surface area contributed by atoms with Crippen molar-refractivity contribution in [3.63, 3.8) is 0 Å². The molecule has 1 amide bonds. The number of para-hydroxylation sites is 1. The largest absolute Gasteiger partial charge is 0.376 e. The minimum atomic E-state index is 0.0763. The van der Waals surface area contributed by atoms with Crippen LogP contribution in [0.25, 0.3) is 0 Å². The number of hydrogen-bond acceptors (Lipinski definition) is 2. The summed E-state index contributed by atoms with van der Waals surface area (Å²) in [6.07, 6.45) is 0.916. The van der Waals surface area contributed by atoms with Gasteiger partial charge >= 0.3 is 0 Å². The van der Waals surface area contributed by atoms with Crippen molar-refractivity contribution in [1.29, 1.82) is 0 Å². The Balaban J connectivity index is 1.71. The topological polar surface area (TPSA) is 32.3 Å². The van der Waals surface area contributed by atoms with Crippen molar-refractivity contribution in [2.24, 2.45) is 0 Å². The van der Waals surface area contributed by atoms with E-state index in [1.165, 1.54) is 5.56 Å². The molecule has 0 saturated heterocycles. The van der Waals surface area contributed by atoms with Gasteiger partial charge < -0.3 is 10.2 Å². The number of fused-ring (bicyclic) bond motifs is 1. The number of rotatable bonds is 3. The standard InChI is InChI=1S/C17H17ClN2O/c1-12-9-13-5-2-3-8-16(13)20(12)17(21)11-19-15-7-4-6-14(18)10-15/h2-8,10,12,19H,9,11H2,1H3/t12-/m0/s1. The summed E-state index contributed by atoms with van der Waals surface area (Å²) >= 11 is 5.94. The quantitative estimate of drug-likeness (QED) is 0.937. The van der Waals surface area contributed by atoms with Gasteiger partial charge in [0.1, 0.15) is 0 Å². The highest BCUT2D eigenvalue weighted by Gasteiger charge is 2.29. The van der Waals surface area contributed by atoms with Crippen LogP contribution in [0.1, 0.15) is 12.5 Å². The second-order valence-corrected chi connectivity index (χ2v) is 5.75. The number of amides is 1. The van der Waals surface area contributed by atoms with Crippen LogP contribution in [0.15, 0.2) is 48.5 Å². The molecule has 1 atom stereocenters. The van der Waals surface area contributed by atoms with Crippen LogP contribution in [0, 0.1) is 0 Å². The minimum absolute atomic E-state index is 0.0763. The first-order valence-electron chi connectivity index (χ1n) is 7.04. The van der Waals surface area contributed by atoms with Gasteiger partial charge in [-0.15, -0.1) is 0 Å². The molecule has 2 aromatic rings. The zero-order valence-electron chi connectivity index (χ0n) is 11.8. The molecule has 0 radical (unpaired) electrons. The number of nitrogens with zero attached hydrogens (tertiary/aromatic N) is 1. The second-order valence-electron chi connectivity index (χ2n) is 5.31. The Kier molecular flexibility index (Phi) is 3.84. The Morgan fingerprint density at radius 2 is 2.10 bits per heavy atom. The average Bonchev–Trinajstić information content (AvgIpc) is 2.81. The summed E-state index contributed by atoms with van der Waals surface area (Å²) in [6, 6.07) is 15.7. The normalized spacial score (nSPS) is 16.7. The van der Waals surface area contributed by atoms with Crippen LogP contribution in [0.3, 0.4) is 0 Å². The van der Waals surface area contributed by atoms with E-state index in [0.29, 0.717) is 5.02 Å². The van der Waals surface area contributed by atoms with Crippen LogP contribution >= 0.6 is 11.6 Å². The van der Waals surface area contributed by atoms with Gasteiger partial charge in [0.15, 0.2) is 0 Å². The highest BCUT2D eigenvalue weighted by Crippen LogP contribution is 2.31. The lowest BCUT2D eigenvalue weighted by atomic mass is 10.1. The van der Waals surface area contributed by atoms with Gasteiger partial charge in [-0.3, -0.25) is 4.79 Å². The van der Waals surface area contributed by atoms with Crippen LogP contribution in [0.2, 0.25) is 5.02 Å².